The van der Waals surface area contributed by atoms with Gasteiger partial charge in [0.1, 0.15) is 5.60 Å². The molecule has 1 aromatic carbocycles. The number of carbonyl (C=O) groups excluding carboxylic acids is 1. The van der Waals surface area contributed by atoms with Gasteiger partial charge in [-0.1, -0.05) is 0 Å². The highest BCUT2D eigenvalue weighted by Crippen LogP contribution is 2.29. The molecule has 0 aliphatic heterocycles. The quantitative estimate of drug-likeness (QED) is 0.619. The van der Waals surface area contributed by atoms with Crippen molar-refractivity contribution in [2.24, 2.45) is 0 Å². The lowest BCUT2D eigenvalue weighted by molar-refractivity contribution is -0.154. The smallest absolute Gasteiger partial charge is 0.416 e. The van der Waals surface area contributed by atoms with Crippen LogP contribution in [0.3, 0.4) is 0 Å². The molecule has 136 valence electrons. The Morgan fingerprint density at radius 2 is 1.67 bits per heavy atom. The Kier molecular flexibility index (Phi) is 6.40. The van der Waals surface area contributed by atoms with E-state index in [9.17, 15) is 26.4 Å². The molecule has 0 atom stereocenters. The molecule has 0 heterocycles. The summed E-state index contributed by atoms with van der Waals surface area (Å²) in [7, 11) is -3.93. The van der Waals surface area contributed by atoms with Gasteiger partial charge in [-0.25, -0.2) is 13.1 Å². The van der Waals surface area contributed by atoms with Crippen molar-refractivity contribution < 1.29 is 31.1 Å². The minimum atomic E-state index is -4.52. The SMILES string of the molecule is CC(C)(C)OC(=O)CCCNS(=O)(=O)c1ccc(C(F)(F)F)cc1. The van der Waals surface area contributed by atoms with E-state index in [1.165, 1.54) is 0 Å². The molecule has 9 heteroatoms. The first-order valence-electron chi connectivity index (χ1n) is 7.20. The van der Waals surface area contributed by atoms with E-state index in [2.05, 4.69) is 4.72 Å². The Hall–Kier alpha value is -1.61. The summed E-state index contributed by atoms with van der Waals surface area (Å²) in [5.41, 5.74) is -1.54. The Bertz CT molecular complexity index is 661. The van der Waals surface area contributed by atoms with Crippen LogP contribution in [0.2, 0.25) is 0 Å². The molecule has 5 nitrogen and oxygen atoms in total. The van der Waals surface area contributed by atoms with Gasteiger partial charge >= 0.3 is 12.1 Å². The van der Waals surface area contributed by atoms with E-state index < -0.39 is 33.3 Å². The number of esters is 1. The van der Waals surface area contributed by atoms with Crippen molar-refractivity contribution in [1.82, 2.24) is 4.72 Å². The van der Waals surface area contributed by atoms with Gasteiger partial charge in [-0.05, 0) is 51.5 Å². The summed E-state index contributed by atoms with van der Waals surface area (Å²) in [4.78, 5) is 11.2. The summed E-state index contributed by atoms with van der Waals surface area (Å²) in [6.45, 7) is 5.14. The summed E-state index contributed by atoms with van der Waals surface area (Å²) in [5.74, 6) is -0.448. The van der Waals surface area contributed by atoms with Crippen LogP contribution >= 0.6 is 0 Å². The third-order valence-electron chi connectivity index (χ3n) is 2.76. The van der Waals surface area contributed by atoms with E-state index in [1.54, 1.807) is 20.8 Å². The van der Waals surface area contributed by atoms with Crippen LogP contribution in [0.15, 0.2) is 29.2 Å². The number of carbonyl (C=O) groups is 1. The third-order valence-corrected chi connectivity index (χ3v) is 4.24. The first-order chi connectivity index (χ1) is 10.8. The van der Waals surface area contributed by atoms with Crippen LogP contribution in [0.5, 0.6) is 0 Å². The highest BCUT2D eigenvalue weighted by Gasteiger charge is 2.30. The standard InChI is InChI=1S/C15H20F3NO4S/c1-14(2,3)23-13(20)5-4-10-19-24(21,22)12-8-6-11(7-9-12)15(16,17)18/h6-9,19H,4-5,10H2,1-3H3. The second-order valence-corrected chi connectivity index (χ2v) is 7.88. The first-order valence-corrected chi connectivity index (χ1v) is 8.68. The molecule has 0 saturated carbocycles. The summed E-state index contributed by atoms with van der Waals surface area (Å²) in [6, 6.07) is 3.18. The number of hydrogen-bond acceptors (Lipinski definition) is 4. The van der Waals surface area contributed by atoms with Crippen molar-refractivity contribution in [2.45, 2.75) is 50.3 Å². The maximum atomic E-state index is 12.4. The zero-order valence-electron chi connectivity index (χ0n) is 13.6. The van der Waals surface area contributed by atoms with Crippen LogP contribution in [-0.4, -0.2) is 26.5 Å². The lowest BCUT2D eigenvalue weighted by atomic mass is 10.2. The number of alkyl halides is 3. The minimum absolute atomic E-state index is 0.0252. The molecule has 0 aliphatic carbocycles. The molecule has 0 spiro atoms. The maximum absolute atomic E-state index is 12.4. The van der Waals surface area contributed by atoms with Crippen LogP contribution in [0.25, 0.3) is 0 Å². The number of ether oxygens (including phenoxy) is 1. The second kappa shape index (κ2) is 7.52. The van der Waals surface area contributed by atoms with Crippen molar-refractivity contribution in [1.29, 1.82) is 0 Å². The van der Waals surface area contributed by atoms with E-state index in [0.29, 0.717) is 12.1 Å². The molecule has 0 bridgehead atoms. The molecule has 0 aliphatic rings. The molecule has 1 aromatic rings. The summed E-state index contributed by atoms with van der Waals surface area (Å²) < 4.78 is 68.6. The van der Waals surface area contributed by atoms with Gasteiger partial charge in [-0.3, -0.25) is 4.79 Å². The van der Waals surface area contributed by atoms with Gasteiger partial charge in [-0.2, -0.15) is 13.2 Å². The van der Waals surface area contributed by atoms with Crippen molar-refractivity contribution in [3.8, 4) is 0 Å². The topological polar surface area (TPSA) is 72.5 Å². The number of nitrogens with one attached hydrogen (secondary N) is 1. The van der Waals surface area contributed by atoms with Crippen LogP contribution in [-0.2, 0) is 25.7 Å². The van der Waals surface area contributed by atoms with Crippen LogP contribution in [0.1, 0.15) is 39.2 Å². The Morgan fingerprint density at radius 1 is 1.12 bits per heavy atom. The maximum Gasteiger partial charge on any atom is 0.416 e. The van der Waals surface area contributed by atoms with Gasteiger partial charge < -0.3 is 4.74 Å². The van der Waals surface area contributed by atoms with Crippen LogP contribution < -0.4 is 4.72 Å². The summed E-state index contributed by atoms with van der Waals surface area (Å²) in [5, 5.41) is 0. The monoisotopic (exact) mass is 367 g/mol. The highest BCUT2D eigenvalue weighted by molar-refractivity contribution is 7.89. The second-order valence-electron chi connectivity index (χ2n) is 6.11. The largest absolute Gasteiger partial charge is 0.460 e. The zero-order chi connectivity index (χ0) is 18.6. The molecule has 0 unspecified atom stereocenters. The van der Waals surface area contributed by atoms with Gasteiger partial charge in [0.25, 0.3) is 0 Å². The zero-order valence-corrected chi connectivity index (χ0v) is 14.4. The fraction of sp³-hybridized carbons (Fsp3) is 0.533. The molecule has 1 N–H and O–H groups in total. The lowest BCUT2D eigenvalue weighted by Crippen LogP contribution is -2.27. The van der Waals surface area contributed by atoms with Crippen LogP contribution in [0.4, 0.5) is 13.2 Å². The molecular formula is C15H20F3NO4S. The molecule has 0 aromatic heterocycles. The van der Waals surface area contributed by atoms with Crippen LogP contribution in [0, 0.1) is 0 Å². The molecule has 24 heavy (non-hydrogen) atoms. The number of halogens is 3. The van der Waals surface area contributed by atoms with E-state index in [-0.39, 0.29) is 24.3 Å². The predicted octanol–water partition coefficient (Wildman–Crippen LogP) is 3.11. The Morgan fingerprint density at radius 3 is 2.12 bits per heavy atom. The van der Waals surface area contributed by atoms with E-state index in [4.69, 9.17) is 4.74 Å². The van der Waals surface area contributed by atoms with Gasteiger partial charge in [0.05, 0.1) is 10.5 Å². The predicted molar refractivity (Wildman–Crippen MR) is 81.7 cm³/mol. The summed E-state index contributed by atoms with van der Waals surface area (Å²) in [6.07, 6.45) is -4.27. The molecule has 0 saturated heterocycles. The van der Waals surface area contributed by atoms with Crippen molar-refractivity contribution in [2.75, 3.05) is 6.54 Å². The molecule has 0 amide bonds. The lowest BCUT2D eigenvalue weighted by Gasteiger charge is -2.19. The normalized spacial score (nSPS) is 12.9. The van der Waals surface area contributed by atoms with E-state index >= 15 is 0 Å². The summed E-state index contributed by atoms with van der Waals surface area (Å²) >= 11 is 0. The molecule has 0 fully saturated rings. The Labute approximate surface area is 139 Å². The van der Waals surface area contributed by atoms with Gasteiger partial charge in [0, 0.05) is 13.0 Å². The first kappa shape index (κ1) is 20.4. The van der Waals surface area contributed by atoms with Gasteiger partial charge in [0.2, 0.25) is 10.0 Å². The number of sulfonamides is 1. The fourth-order valence-corrected chi connectivity index (χ4v) is 2.81. The molecular weight excluding hydrogens is 347 g/mol. The average Bonchev–Trinajstić information content (AvgIpc) is 2.41. The van der Waals surface area contributed by atoms with Gasteiger partial charge in [-0.15, -0.1) is 0 Å². The van der Waals surface area contributed by atoms with E-state index in [0.717, 1.165) is 12.1 Å². The molecule has 1 rings (SSSR count). The van der Waals surface area contributed by atoms with E-state index in [1.807, 2.05) is 0 Å². The van der Waals surface area contributed by atoms with Gasteiger partial charge in [0.15, 0.2) is 0 Å². The number of hydrogen-bond donors (Lipinski definition) is 1. The van der Waals surface area contributed by atoms with Crippen molar-refractivity contribution in [3.63, 3.8) is 0 Å². The minimum Gasteiger partial charge on any atom is -0.460 e. The molecule has 0 radical (unpaired) electrons. The highest BCUT2D eigenvalue weighted by atomic mass is 32.2. The Balaban J connectivity index is 2.54. The van der Waals surface area contributed by atoms with Crippen molar-refractivity contribution >= 4 is 16.0 Å². The average molecular weight is 367 g/mol. The fourth-order valence-electron chi connectivity index (χ4n) is 1.74. The third kappa shape index (κ3) is 6.88. The number of rotatable bonds is 6. The number of benzene rings is 1. The van der Waals surface area contributed by atoms with Crippen molar-refractivity contribution in [3.05, 3.63) is 29.8 Å².